The van der Waals surface area contributed by atoms with Crippen LogP contribution < -0.4 is 19.5 Å². The zero-order valence-electron chi connectivity index (χ0n) is 26.4. The third kappa shape index (κ3) is 4.33. The van der Waals surface area contributed by atoms with Crippen molar-refractivity contribution in [2.24, 2.45) is 17.3 Å². The smallest absolute Gasteiger partial charge is 0.319 e. The molecule has 0 spiro atoms. The molecule has 0 aromatic heterocycles. The maximum absolute atomic E-state index is 7.78. The minimum Gasteiger partial charge on any atom is -0.534 e. The zero-order chi connectivity index (χ0) is 29.2. The monoisotopic (exact) mass is 564 g/mol. The maximum atomic E-state index is 7.78. The number of benzene rings is 3. The molecule has 2 aliphatic carbocycles. The van der Waals surface area contributed by atoms with E-state index in [0.29, 0.717) is 17.8 Å². The molecule has 41 heavy (non-hydrogen) atoms. The van der Waals surface area contributed by atoms with E-state index >= 15 is 0 Å². The second kappa shape index (κ2) is 9.90. The van der Waals surface area contributed by atoms with Crippen LogP contribution in [0, 0.1) is 24.2 Å². The standard InChI is InChI=1S/C38H48O2Si/c1-26(2)16-15-22-37(7)30-21-23-38(8)34(30)35(37)33-31(39-38)24-27(3)25-32(33)40-41(36(4,5)6,28-17-11-9-12-18-28)29-19-13-10-14-20-29/h9-14,16-20,24-25,30,34-35H,15,21-23H2,1-8H3/t30-,34+,35+,37+,38+/m0/s1. The average Bonchev–Trinajstić information content (AvgIpc) is 3.25. The molecule has 3 aromatic carbocycles. The second-order valence-corrected chi connectivity index (χ2v) is 19.1. The van der Waals surface area contributed by atoms with E-state index in [2.05, 4.69) is 134 Å². The first-order valence-corrected chi connectivity index (χ1v) is 17.6. The van der Waals surface area contributed by atoms with Crippen molar-refractivity contribution in [3.8, 4) is 11.5 Å². The van der Waals surface area contributed by atoms with Crippen molar-refractivity contribution in [1.29, 1.82) is 0 Å². The summed E-state index contributed by atoms with van der Waals surface area (Å²) in [6, 6.07) is 26.7. The van der Waals surface area contributed by atoms with Gasteiger partial charge in [0.05, 0.1) is 0 Å². The molecule has 0 radical (unpaired) electrons. The van der Waals surface area contributed by atoms with E-state index in [0.717, 1.165) is 24.3 Å². The fourth-order valence-corrected chi connectivity index (χ4v) is 13.4. The summed E-state index contributed by atoms with van der Waals surface area (Å²) in [4.78, 5) is 0. The topological polar surface area (TPSA) is 18.5 Å². The lowest BCUT2D eigenvalue weighted by Gasteiger charge is -2.64. The predicted octanol–water partition coefficient (Wildman–Crippen LogP) is 8.96. The maximum Gasteiger partial charge on any atom is 0.319 e. The van der Waals surface area contributed by atoms with Gasteiger partial charge in [-0.15, -0.1) is 0 Å². The molecule has 0 unspecified atom stereocenters. The van der Waals surface area contributed by atoms with Gasteiger partial charge in [0.2, 0.25) is 0 Å². The minimum atomic E-state index is -2.79. The molecular formula is C38H48O2Si. The quantitative estimate of drug-likeness (QED) is 0.211. The van der Waals surface area contributed by atoms with Gasteiger partial charge in [-0.2, -0.15) is 0 Å². The van der Waals surface area contributed by atoms with Crippen molar-refractivity contribution in [2.45, 2.75) is 97.6 Å². The summed E-state index contributed by atoms with van der Waals surface area (Å²) in [6.45, 7) is 18.7. The number of aryl methyl sites for hydroxylation is 1. The van der Waals surface area contributed by atoms with Crippen molar-refractivity contribution < 1.29 is 9.16 Å². The van der Waals surface area contributed by atoms with E-state index < -0.39 is 8.32 Å². The molecule has 2 nitrogen and oxygen atoms in total. The largest absolute Gasteiger partial charge is 0.534 e. The van der Waals surface area contributed by atoms with Crippen LogP contribution in [-0.2, 0) is 0 Å². The summed E-state index contributed by atoms with van der Waals surface area (Å²) < 4.78 is 14.8. The Balaban J connectivity index is 1.55. The van der Waals surface area contributed by atoms with Crippen molar-refractivity contribution in [3.05, 3.63) is 95.6 Å². The van der Waals surface area contributed by atoms with Crippen LogP contribution in [0.1, 0.15) is 91.2 Å². The van der Waals surface area contributed by atoms with Gasteiger partial charge < -0.3 is 9.16 Å². The first-order valence-electron chi connectivity index (χ1n) is 15.7. The van der Waals surface area contributed by atoms with Gasteiger partial charge in [-0.25, -0.2) is 0 Å². The molecule has 0 saturated heterocycles. The van der Waals surface area contributed by atoms with Gasteiger partial charge in [-0.05, 0) is 97.8 Å². The summed E-state index contributed by atoms with van der Waals surface area (Å²) in [5, 5.41) is 2.53. The Morgan fingerprint density at radius 1 is 0.976 bits per heavy atom. The Bertz CT molecular complexity index is 1410. The molecule has 0 N–H and O–H groups in total. The molecule has 216 valence electrons. The van der Waals surface area contributed by atoms with E-state index in [1.165, 1.54) is 39.9 Å². The lowest BCUT2D eigenvalue weighted by atomic mass is 9.43. The number of ether oxygens (including phenoxy) is 1. The van der Waals surface area contributed by atoms with Crippen molar-refractivity contribution in [1.82, 2.24) is 0 Å². The number of allylic oxidation sites excluding steroid dienone is 2. The minimum absolute atomic E-state index is 0.0825. The Labute approximate surface area is 249 Å². The molecule has 2 fully saturated rings. The van der Waals surface area contributed by atoms with Gasteiger partial charge in [0, 0.05) is 17.4 Å². The van der Waals surface area contributed by atoms with Crippen LogP contribution in [0.3, 0.4) is 0 Å². The SMILES string of the molecule is CC(C)=CCC[C@@]1(C)[C@@H]2c3c(cc(C)cc3O[Si](c3ccccc3)(c3ccccc3)C(C)(C)C)O[C@]3(C)CC[C@H]1[C@H]23. The molecule has 3 aliphatic rings. The van der Waals surface area contributed by atoms with Crippen molar-refractivity contribution in [2.75, 3.05) is 0 Å². The molecule has 3 aromatic rings. The summed E-state index contributed by atoms with van der Waals surface area (Å²) in [7, 11) is -2.79. The van der Waals surface area contributed by atoms with E-state index in [9.17, 15) is 0 Å². The normalized spacial score (nSPS) is 28.1. The number of rotatable bonds is 7. The van der Waals surface area contributed by atoms with Gasteiger partial charge in [-0.1, -0.05) is 100 Å². The first kappa shape index (κ1) is 28.3. The third-order valence-electron chi connectivity index (χ3n) is 10.8. The van der Waals surface area contributed by atoms with Crippen LogP contribution >= 0.6 is 0 Å². The highest BCUT2D eigenvalue weighted by Crippen LogP contribution is 2.75. The van der Waals surface area contributed by atoms with Gasteiger partial charge in [-0.3, -0.25) is 0 Å². The van der Waals surface area contributed by atoms with Gasteiger partial charge >= 0.3 is 8.32 Å². The molecule has 6 rings (SSSR count). The summed E-state index contributed by atoms with van der Waals surface area (Å²) in [6.07, 6.45) is 7.20. The van der Waals surface area contributed by atoms with Crippen LogP contribution in [0.25, 0.3) is 0 Å². The molecule has 1 heterocycles. The Morgan fingerprint density at radius 3 is 2.15 bits per heavy atom. The summed E-state index contributed by atoms with van der Waals surface area (Å²) in [5.74, 6) is 3.83. The Kier molecular flexibility index (Phi) is 6.84. The summed E-state index contributed by atoms with van der Waals surface area (Å²) >= 11 is 0. The highest BCUT2D eigenvalue weighted by Gasteiger charge is 2.71. The predicted molar refractivity (Wildman–Crippen MR) is 174 cm³/mol. The lowest BCUT2D eigenvalue weighted by Crippen LogP contribution is -2.69. The van der Waals surface area contributed by atoms with Crippen molar-refractivity contribution >= 4 is 18.7 Å². The van der Waals surface area contributed by atoms with E-state index in [4.69, 9.17) is 9.16 Å². The molecule has 2 saturated carbocycles. The zero-order valence-corrected chi connectivity index (χ0v) is 27.4. The first-order chi connectivity index (χ1) is 19.4. The van der Waals surface area contributed by atoms with Gasteiger partial charge in [0.1, 0.15) is 17.1 Å². The van der Waals surface area contributed by atoms with Crippen LogP contribution in [0.2, 0.25) is 5.04 Å². The van der Waals surface area contributed by atoms with Gasteiger partial charge in [0.15, 0.2) is 0 Å². The van der Waals surface area contributed by atoms with E-state index in [1.54, 1.807) is 0 Å². The number of hydrogen-bond acceptors (Lipinski definition) is 2. The molecule has 0 amide bonds. The van der Waals surface area contributed by atoms with Gasteiger partial charge in [0.25, 0.3) is 0 Å². The summed E-state index contributed by atoms with van der Waals surface area (Å²) in [5.41, 5.74) is 4.12. The van der Waals surface area contributed by atoms with E-state index in [1.807, 2.05) is 0 Å². The third-order valence-corrected chi connectivity index (χ3v) is 15.8. The Morgan fingerprint density at radius 2 is 1.59 bits per heavy atom. The Hall–Kier alpha value is -2.78. The molecule has 1 aliphatic heterocycles. The second-order valence-electron chi connectivity index (χ2n) is 14.8. The lowest BCUT2D eigenvalue weighted by molar-refractivity contribution is -0.132. The number of hydrogen-bond donors (Lipinski definition) is 0. The van der Waals surface area contributed by atoms with Crippen LogP contribution in [0.5, 0.6) is 11.5 Å². The number of fused-ring (bicyclic) bond motifs is 2. The highest BCUT2D eigenvalue weighted by atomic mass is 28.4. The van der Waals surface area contributed by atoms with E-state index in [-0.39, 0.29) is 16.1 Å². The van der Waals surface area contributed by atoms with Crippen LogP contribution in [-0.4, -0.2) is 13.9 Å². The fraction of sp³-hybridized carbons (Fsp3) is 0.474. The van der Waals surface area contributed by atoms with Crippen LogP contribution in [0.15, 0.2) is 84.4 Å². The average molecular weight is 565 g/mol. The van der Waals surface area contributed by atoms with Crippen molar-refractivity contribution in [3.63, 3.8) is 0 Å². The molecular weight excluding hydrogens is 517 g/mol. The fourth-order valence-electron chi connectivity index (χ4n) is 8.98. The van der Waals surface area contributed by atoms with Crippen LogP contribution in [0.4, 0.5) is 0 Å². The molecule has 0 bridgehead atoms. The molecule has 5 atom stereocenters. The molecule has 3 heteroatoms. The highest BCUT2D eigenvalue weighted by molar-refractivity contribution is 7.00.